The molecule has 6 heteroatoms. The molecule has 1 aliphatic heterocycles. The van der Waals surface area contributed by atoms with Crippen LogP contribution in [0.2, 0.25) is 0 Å². The number of aliphatic hydroxyl groups excluding tert-OH is 1. The predicted octanol–water partition coefficient (Wildman–Crippen LogP) is 2.16. The number of aliphatic hydroxyl groups is 1. The molecule has 1 atom stereocenters. The normalized spacial score (nSPS) is 16.9. The number of rotatable bonds is 5. The smallest absolute Gasteiger partial charge is 0.254 e. The molecule has 1 saturated heterocycles. The fourth-order valence-electron chi connectivity index (χ4n) is 3.68. The van der Waals surface area contributed by atoms with Crippen LogP contribution in [0.5, 0.6) is 5.88 Å². The van der Waals surface area contributed by atoms with Crippen molar-refractivity contribution >= 4 is 16.8 Å². The highest BCUT2D eigenvalue weighted by atomic mass is 16.5. The number of nitrogens with zero attached hydrogens (tertiary/aromatic N) is 3. The number of pyridine rings is 1. The first-order valence-electron chi connectivity index (χ1n) is 9.11. The summed E-state index contributed by atoms with van der Waals surface area (Å²) >= 11 is 0. The molecule has 2 heterocycles. The van der Waals surface area contributed by atoms with Crippen molar-refractivity contribution in [2.45, 2.75) is 31.9 Å². The van der Waals surface area contributed by atoms with Crippen LogP contribution in [0.15, 0.2) is 30.3 Å². The van der Waals surface area contributed by atoms with E-state index in [1.165, 1.54) is 0 Å². The summed E-state index contributed by atoms with van der Waals surface area (Å²) < 4.78 is 5.27. The summed E-state index contributed by atoms with van der Waals surface area (Å²) in [6.45, 7) is 3.89. The molecule has 0 bridgehead atoms. The fraction of sp³-hybridized carbons (Fsp3) is 0.500. The molecule has 1 aromatic carbocycles. The van der Waals surface area contributed by atoms with Crippen molar-refractivity contribution in [3.63, 3.8) is 0 Å². The van der Waals surface area contributed by atoms with Gasteiger partial charge in [-0.15, -0.1) is 0 Å². The van der Waals surface area contributed by atoms with Gasteiger partial charge in [0.1, 0.15) is 0 Å². The third kappa shape index (κ3) is 3.97. The average Bonchev–Trinajstić information content (AvgIpc) is 2.66. The second-order valence-electron chi connectivity index (χ2n) is 7.04. The molecule has 1 aromatic heterocycles. The van der Waals surface area contributed by atoms with Crippen molar-refractivity contribution in [2.75, 3.05) is 33.8 Å². The standard InChI is InChI=1S/C20H27N3O3/c1-14(24)13-22(2)15-8-10-23(11-9-15)20(25)17-12-19(26-3)21-18-7-5-4-6-16(17)18/h4-7,12,14-15,24H,8-11,13H2,1-3H3. The van der Waals surface area contributed by atoms with E-state index in [4.69, 9.17) is 4.74 Å². The number of hydrogen-bond acceptors (Lipinski definition) is 5. The molecule has 1 amide bonds. The second kappa shape index (κ2) is 8.01. The summed E-state index contributed by atoms with van der Waals surface area (Å²) in [5, 5.41) is 10.4. The number of benzene rings is 1. The van der Waals surface area contributed by atoms with Gasteiger partial charge in [0.25, 0.3) is 5.91 Å². The summed E-state index contributed by atoms with van der Waals surface area (Å²) in [6.07, 6.45) is 1.49. The van der Waals surface area contributed by atoms with Crippen molar-refractivity contribution in [2.24, 2.45) is 0 Å². The number of carbonyl (C=O) groups excluding carboxylic acids is 1. The number of amides is 1. The zero-order valence-electron chi connectivity index (χ0n) is 15.7. The van der Waals surface area contributed by atoms with Gasteiger partial charge in [-0.25, -0.2) is 4.98 Å². The van der Waals surface area contributed by atoms with E-state index in [2.05, 4.69) is 9.88 Å². The highest BCUT2D eigenvalue weighted by molar-refractivity contribution is 6.06. The maximum atomic E-state index is 13.1. The maximum absolute atomic E-state index is 13.1. The highest BCUT2D eigenvalue weighted by Crippen LogP contribution is 2.25. The van der Waals surface area contributed by atoms with Crippen LogP contribution in [-0.2, 0) is 0 Å². The summed E-state index contributed by atoms with van der Waals surface area (Å²) in [5.74, 6) is 0.483. The number of methoxy groups -OCH3 is 1. The number of fused-ring (bicyclic) bond motifs is 1. The van der Waals surface area contributed by atoms with Crippen molar-refractivity contribution in [1.29, 1.82) is 0 Å². The number of hydrogen-bond donors (Lipinski definition) is 1. The summed E-state index contributed by atoms with van der Waals surface area (Å²) in [5.41, 5.74) is 1.41. The first kappa shape index (κ1) is 18.6. The molecule has 0 radical (unpaired) electrons. The molecular formula is C20H27N3O3. The lowest BCUT2D eigenvalue weighted by atomic mass is 10.0. The molecule has 26 heavy (non-hydrogen) atoms. The van der Waals surface area contributed by atoms with Gasteiger partial charge in [-0.05, 0) is 32.9 Å². The van der Waals surface area contributed by atoms with Crippen LogP contribution in [0.4, 0.5) is 0 Å². The van der Waals surface area contributed by atoms with Crippen LogP contribution in [-0.4, -0.2) is 71.7 Å². The Kier molecular flexibility index (Phi) is 5.74. The third-order valence-electron chi connectivity index (χ3n) is 5.06. The van der Waals surface area contributed by atoms with Crippen LogP contribution in [0.3, 0.4) is 0 Å². The lowest BCUT2D eigenvalue weighted by Gasteiger charge is -2.37. The van der Waals surface area contributed by atoms with E-state index in [1.54, 1.807) is 20.1 Å². The SMILES string of the molecule is COc1cc(C(=O)N2CCC(N(C)CC(C)O)CC2)c2ccccc2n1. The van der Waals surface area contributed by atoms with Crippen LogP contribution in [0.1, 0.15) is 30.1 Å². The number of carbonyl (C=O) groups is 1. The molecule has 2 aromatic rings. The van der Waals surface area contributed by atoms with Crippen LogP contribution >= 0.6 is 0 Å². The van der Waals surface area contributed by atoms with Gasteiger partial charge in [0.05, 0.1) is 24.3 Å². The third-order valence-corrected chi connectivity index (χ3v) is 5.06. The Morgan fingerprint density at radius 3 is 2.73 bits per heavy atom. The zero-order chi connectivity index (χ0) is 18.7. The number of likely N-dealkylation sites (N-methyl/N-ethyl adjacent to an activating group) is 1. The van der Waals surface area contributed by atoms with Gasteiger partial charge >= 0.3 is 0 Å². The van der Waals surface area contributed by atoms with E-state index in [-0.39, 0.29) is 12.0 Å². The lowest BCUT2D eigenvalue weighted by molar-refractivity contribution is 0.0578. The Labute approximate surface area is 154 Å². The van der Waals surface area contributed by atoms with Gasteiger partial charge in [0.15, 0.2) is 0 Å². The fourth-order valence-corrected chi connectivity index (χ4v) is 3.68. The summed E-state index contributed by atoms with van der Waals surface area (Å²) in [7, 11) is 3.60. The van der Waals surface area contributed by atoms with E-state index in [9.17, 15) is 9.90 Å². The van der Waals surface area contributed by atoms with E-state index >= 15 is 0 Å². The molecular weight excluding hydrogens is 330 g/mol. The van der Waals surface area contributed by atoms with Crippen molar-refractivity contribution in [3.05, 3.63) is 35.9 Å². The minimum atomic E-state index is -0.338. The Morgan fingerprint density at radius 2 is 2.08 bits per heavy atom. The minimum absolute atomic E-state index is 0.0264. The summed E-state index contributed by atoms with van der Waals surface area (Å²) in [4.78, 5) is 21.6. The molecule has 3 rings (SSSR count). The van der Waals surface area contributed by atoms with E-state index < -0.39 is 0 Å². The Hall–Kier alpha value is -2.18. The highest BCUT2D eigenvalue weighted by Gasteiger charge is 2.27. The topological polar surface area (TPSA) is 65.9 Å². The number of piperidine rings is 1. The maximum Gasteiger partial charge on any atom is 0.254 e. The van der Waals surface area contributed by atoms with Gasteiger partial charge in [-0.2, -0.15) is 0 Å². The molecule has 6 nitrogen and oxygen atoms in total. The van der Waals surface area contributed by atoms with Crippen LogP contribution in [0, 0.1) is 0 Å². The quantitative estimate of drug-likeness (QED) is 0.888. The van der Waals surface area contributed by atoms with Crippen molar-refractivity contribution in [3.8, 4) is 5.88 Å². The van der Waals surface area contributed by atoms with Crippen LogP contribution < -0.4 is 4.74 Å². The molecule has 1 unspecified atom stereocenters. The first-order chi connectivity index (χ1) is 12.5. The average molecular weight is 357 g/mol. The molecule has 0 saturated carbocycles. The van der Waals surface area contributed by atoms with E-state index in [0.29, 0.717) is 37.1 Å². The Balaban J connectivity index is 1.76. The monoisotopic (exact) mass is 357 g/mol. The number of ether oxygens (including phenoxy) is 1. The largest absolute Gasteiger partial charge is 0.481 e. The molecule has 0 spiro atoms. The number of likely N-dealkylation sites (tertiary alicyclic amines) is 1. The van der Waals surface area contributed by atoms with Gasteiger partial charge in [0.2, 0.25) is 5.88 Å². The van der Waals surface area contributed by atoms with Gasteiger partial charge in [0, 0.05) is 37.1 Å². The second-order valence-corrected chi connectivity index (χ2v) is 7.04. The minimum Gasteiger partial charge on any atom is -0.481 e. The Morgan fingerprint density at radius 1 is 1.38 bits per heavy atom. The Bertz CT molecular complexity index is 770. The van der Waals surface area contributed by atoms with Crippen molar-refractivity contribution < 1.29 is 14.6 Å². The molecule has 140 valence electrons. The summed E-state index contributed by atoms with van der Waals surface area (Å²) in [6, 6.07) is 9.79. The van der Waals surface area contributed by atoms with Gasteiger partial charge in [-0.3, -0.25) is 4.79 Å². The van der Waals surface area contributed by atoms with Crippen molar-refractivity contribution in [1.82, 2.24) is 14.8 Å². The first-order valence-corrected chi connectivity index (χ1v) is 9.11. The molecule has 1 aliphatic rings. The van der Waals surface area contributed by atoms with E-state index in [0.717, 1.165) is 23.7 Å². The predicted molar refractivity (Wildman–Crippen MR) is 102 cm³/mol. The molecule has 1 N–H and O–H groups in total. The number of para-hydroxylation sites is 1. The van der Waals surface area contributed by atoms with Gasteiger partial charge < -0.3 is 19.6 Å². The van der Waals surface area contributed by atoms with Crippen LogP contribution in [0.25, 0.3) is 10.9 Å². The van der Waals surface area contributed by atoms with Gasteiger partial charge in [-0.1, -0.05) is 18.2 Å². The lowest BCUT2D eigenvalue weighted by Crippen LogP contribution is -2.47. The van der Waals surface area contributed by atoms with E-state index in [1.807, 2.05) is 36.2 Å². The number of aromatic nitrogens is 1. The molecule has 0 aliphatic carbocycles. The molecule has 1 fully saturated rings. The zero-order valence-corrected chi connectivity index (χ0v) is 15.7.